The van der Waals surface area contributed by atoms with Gasteiger partial charge in [0.05, 0.1) is 12.1 Å². The third-order valence-electron chi connectivity index (χ3n) is 3.03. The molecule has 0 aliphatic heterocycles. The van der Waals surface area contributed by atoms with Gasteiger partial charge in [-0.15, -0.1) is 5.10 Å². The van der Waals surface area contributed by atoms with Crippen molar-refractivity contribution in [1.29, 1.82) is 0 Å². The maximum Gasteiger partial charge on any atom is 0.344 e. The van der Waals surface area contributed by atoms with Crippen molar-refractivity contribution < 1.29 is 9.53 Å². The van der Waals surface area contributed by atoms with Crippen molar-refractivity contribution in [1.82, 2.24) is 9.61 Å². The summed E-state index contributed by atoms with van der Waals surface area (Å²) in [5.41, 5.74) is 6.86. The smallest absolute Gasteiger partial charge is 0.344 e. The maximum absolute atomic E-state index is 12.0. The summed E-state index contributed by atoms with van der Waals surface area (Å²) in [5, 5.41) is 6.12. The highest BCUT2D eigenvalue weighted by Gasteiger charge is 2.20. The number of nitrogens with two attached hydrogens (primary N) is 1. The minimum atomic E-state index is -0.439. The van der Waals surface area contributed by atoms with Gasteiger partial charge in [0.25, 0.3) is 0 Å². The van der Waals surface area contributed by atoms with Gasteiger partial charge in [0, 0.05) is 11.6 Å². The molecule has 0 fully saturated rings. The Morgan fingerprint density at radius 1 is 1.37 bits per heavy atom. The lowest BCUT2D eigenvalue weighted by molar-refractivity contribution is 0.0530. The van der Waals surface area contributed by atoms with Gasteiger partial charge >= 0.3 is 5.97 Å². The Hall–Kier alpha value is -2.56. The van der Waals surface area contributed by atoms with Crippen LogP contribution in [0, 0.1) is 0 Å². The molecule has 96 valence electrons. The minimum Gasteiger partial charge on any atom is -0.462 e. The van der Waals surface area contributed by atoms with Gasteiger partial charge in [0.1, 0.15) is 5.56 Å². The van der Waals surface area contributed by atoms with Gasteiger partial charge in [-0.3, -0.25) is 0 Å². The summed E-state index contributed by atoms with van der Waals surface area (Å²) in [7, 11) is 0. The van der Waals surface area contributed by atoms with Crippen molar-refractivity contribution in [2.45, 2.75) is 6.92 Å². The molecule has 0 spiro atoms. The number of anilines is 1. The largest absolute Gasteiger partial charge is 0.462 e. The van der Waals surface area contributed by atoms with Crippen molar-refractivity contribution in [2.24, 2.45) is 0 Å². The second-order valence-electron chi connectivity index (χ2n) is 4.18. The summed E-state index contributed by atoms with van der Waals surface area (Å²) in [6, 6.07) is 9.72. The number of aromatic nitrogens is 2. The number of nitrogens with zero attached hydrogens (tertiary/aromatic N) is 2. The van der Waals surface area contributed by atoms with Crippen LogP contribution >= 0.6 is 0 Å². The van der Waals surface area contributed by atoms with E-state index in [0.29, 0.717) is 17.7 Å². The molecular weight excluding hydrogens is 242 g/mol. The van der Waals surface area contributed by atoms with Crippen molar-refractivity contribution in [3.8, 4) is 0 Å². The number of fused-ring (bicyclic) bond motifs is 3. The Labute approximate surface area is 109 Å². The Kier molecular flexibility index (Phi) is 2.59. The molecule has 0 bridgehead atoms. The fraction of sp³-hybridized carbons (Fsp3) is 0.143. The van der Waals surface area contributed by atoms with Crippen LogP contribution in [0.2, 0.25) is 0 Å². The number of carbonyl (C=O) groups excluding carboxylic acids is 1. The predicted octanol–water partition coefficient (Wildman–Crippen LogP) is 2.25. The molecule has 0 saturated carbocycles. The van der Waals surface area contributed by atoms with Gasteiger partial charge in [-0.05, 0) is 18.4 Å². The zero-order valence-electron chi connectivity index (χ0n) is 10.5. The lowest BCUT2D eigenvalue weighted by Gasteiger charge is -2.03. The highest BCUT2D eigenvalue weighted by atomic mass is 16.5. The molecule has 19 heavy (non-hydrogen) atoms. The summed E-state index contributed by atoms with van der Waals surface area (Å²) >= 11 is 0. The summed E-state index contributed by atoms with van der Waals surface area (Å²) in [4.78, 5) is 12.0. The van der Waals surface area contributed by atoms with Crippen LogP contribution in [0.4, 0.5) is 5.82 Å². The fourth-order valence-corrected chi connectivity index (χ4v) is 2.23. The Balaban J connectivity index is 2.40. The number of carbonyl (C=O) groups is 1. The van der Waals surface area contributed by atoms with Crippen LogP contribution in [-0.2, 0) is 4.74 Å². The molecule has 3 aromatic rings. The van der Waals surface area contributed by atoms with Gasteiger partial charge < -0.3 is 10.5 Å². The second-order valence-corrected chi connectivity index (χ2v) is 4.18. The molecule has 5 nitrogen and oxygen atoms in total. The van der Waals surface area contributed by atoms with E-state index in [1.54, 1.807) is 17.6 Å². The van der Waals surface area contributed by atoms with Crippen LogP contribution in [0.15, 0.2) is 36.5 Å². The Bertz CT molecular complexity index is 777. The molecule has 0 atom stereocenters. The van der Waals surface area contributed by atoms with Crippen LogP contribution in [-0.4, -0.2) is 22.2 Å². The standard InChI is InChI=1S/C14H13N3O2/c1-2-19-14(18)11-12-10-6-4-3-5-9(10)7-8-17(12)16-13(11)15/h3-8H,2H2,1H3,(H2,15,16). The maximum atomic E-state index is 12.0. The van der Waals surface area contributed by atoms with Gasteiger partial charge in [-0.25, -0.2) is 9.31 Å². The van der Waals surface area contributed by atoms with E-state index in [1.165, 1.54) is 0 Å². The normalized spacial score (nSPS) is 11.0. The number of nitrogen functional groups attached to an aromatic ring is 1. The van der Waals surface area contributed by atoms with Crippen molar-refractivity contribution >= 4 is 28.1 Å². The topological polar surface area (TPSA) is 69.6 Å². The zero-order chi connectivity index (χ0) is 13.4. The predicted molar refractivity (Wildman–Crippen MR) is 73.1 cm³/mol. The molecule has 2 N–H and O–H groups in total. The van der Waals surface area contributed by atoms with Crippen molar-refractivity contribution in [2.75, 3.05) is 12.3 Å². The first-order chi connectivity index (χ1) is 9.22. The van der Waals surface area contributed by atoms with Crippen LogP contribution in [0.5, 0.6) is 0 Å². The van der Waals surface area contributed by atoms with Crippen LogP contribution in [0.25, 0.3) is 16.3 Å². The Morgan fingerprint density at radius 2 is 2.16 bits per heavy atom. The van der Waals surface area contributed by atoms with Gasteiger partial charge in [0.15, 0.2) is 5.82 Å². The third-order valence-corrected chi connectivity index (χ3v) is 3.03. The SMILES string of the molecule is CCOC(=O)c1c(N)nn2ccc3ccccc3c12. The van der Waals surface area contributed by atoms with Gasteiger partial charge in [-0.1, -0.05) is 24.3 Å². The monoisotopic (exact) mass is 255 g/mol. The van der Waals surface area contributed by atoms with Crippen LogP contribution in [0.1, 0.15) is 17.3 Å². The number of esters is 1. The fourth-order valence-electron chi connectivity index (χ4n) is 2.23. The number of hydrogen-bond acceptors (Lipinski definition) is 4. The molecule has 3 rings (SSSR count). The average molecular weight is 255 g/mol. The zero-order valence-corrected chi connectivity index (χ0v) is 10.5. The van der Waals surface area contributed by atoms with E-state index in [2.05, 4.69) is 5.10 Å². The lowest BCUT2D eigenvalue weighted by Crippen LogP contribution is -2.07. The van der Waals surface area contributed by atoms with E-state index < -0.39 is 5.97 Å². The molecule has 0 amide bonds. The third kappa shape index (κ3) is 1.71. The molecule has 0 radical (unpaired) electrons. The number of hydrogen-bond donors (Lipinski definition) is 1. The van der Waals surface area contributed by atoms with Crippen molar-refractivity contribution in [3.05, 3.63) is 42.1 Å². The second kappa shape index (κ2) is 4.28. The first-order valence-electron chi connectivity index (χ1n) is 6.05. The Morgan fingerprint density at radius 3 is 2.95 bits per heavy atom. The average Bonchev–Trinajstić information content (AvgIpc) is 2.75. The summed E-state index contributed by atoms with van der Waals surface area (Å²) in [6.45, 7) is 2.07. The van der Waals surface area contributed by atoms with Crippen molar-refractivity contribution in [3.63, 3.8) is 0 Å². The van der Waals surface area contributed by atoms with E-state index in [9.17, 15) is 4.79 Å². The molecular formula is C14H13N3O2. The number of benzene rings is 1. The molecule has 0 saturated heterocycles. The van der Waals surface area contributed by atoms with E-state index in [0.717, 1.165) is 10.8 Å². The molecule has 0 aliphatic carbocycles. The number of ether oxygens (including phenoxy) is 1. The highest BCUT2D eigenvalue weighted by Crippen LogP contribution is 2.26. The molecule has 5 heteroatoms. The quantitative estimate of drug-likeness (QED) is 0.713. The molecule has 2 aromatic heterocycles. The summed E-state index contributed by atoms with van der Waals surface area (Å²) < 4.78 is 6.67. The molecule has 0 unspecified atom stereocenters. The van der Waals surface area contributed by atoms with E-state index in [4.69, 9.17) is 10.5 Å². The summed E-state index contributed by atoms with van der Waals surface area (Å²) in [6.07, 6.45) is 1.79. The molecule has 0 aliphatic rings. The van der Waals surface area contributed by atoms with Crippen LogP contribution < -0.4 is 5.73 Å². The summed E-state index contributed by atoms with van der Waals surface area (Å²) in [5.74, 6) is -0.249. The number of pyridine rings is 1. The molecule has 2 heterocycles. The molecule has 1 aromatic carbocycles. The minimum absolute atomic E-state index is 0.190. The lowest BCUT2D eigenvalue weighted by atomic mass is 10.1. The van der Waals surface area contributed by atoms with Gasteiger partial charge in [-0.2, -0.15) is 0 Å². The first-order valence-corrected chi connectivity index (χ1v) is 6.05. The first kappa shape index (κ1) is 11.5. The van der Waals surface area contributed by atoms with E-state index in [-0.39, 0.29) is 5.82 Å². The number of rotatable bonds is 2. The van der Waals surface area contributed by atoms with E-state index in [1.807, 2.05) is 30.3 Å². The van der Waals surface area contributed by atoms with Gasteiger partial charge in [0.2, 0.25) is 0 Å². The highest BCUT2D eigenvalue weighted by molar-refractivity contribution is 6.10. The van der Waals surface area contributed by atoms with Crippen LogP contribution in [0.3, 0.4) is 0 Å². The van der Waals surface area contributed by atoms with E-state index >= 15 is 0 Å².